The molecule has 0 saturated heterocycles. The van der Waals surface area contributed by atoms with E-state index in [2.05, 4.69) is 19.1 Å². The number of aromatic nitrogens is 3. The molecule has 4 aromatic rings. The Morgan fingerprint density at radius 2 is 1.76 bits per heavy atom. The first-order valence-electron chi connectivity index (χ1n) is 9.94. The average Bonchev–Trinajstić information content (AvgIpc) is 3.17. The number of ether oxygens (including phenoxy) is 1. The Balaban J connectivity index is 1.75. The molecule has 146 valence electrons. The summed E-state index contributed by atoms with van der Waals surface area (Å²) in [4.78, 5) is 5.13. The zero-order chi connectivity index (χ0) is 20.0. The highest BCUT2D eigenvalue weighted by atomic mass is 35.5. The van der Waals surface area contributed by atoms with Crippen LogP contribution in [0.25, 0.3) is 28.0 Å². The van der Waals surface area contributed by atoms with Crippen molar-refractivity contribution < 1.29 is 4.74 Å². The van der Waals surface area contributed by atoms with Gasteiger partial charge in [0.1, 0.15) is 5.75 Å². The molecule has 0 spiro atoms. The summed E-state index contributed by atoms with van der Waals surface area (Å²) in [5.41, 5.74) is 7.75. The van der Waals surface area contributed by atoms with Gasteiger partial charge in [0.15, 0.2) is 5.65 Å². The number of hydrogen-bond acceptors (Lipinski definition) is 3. The van der Waals surface area contributed by atoms with Gasteiger partial charge in [0.2, 0.25) is 0 Å². The lowest BCUT2D eigenvalue weighted by atomic mass is 9.85. The van der Waals surface area contributed by atoms with Crippen LogP contribution in [-0.2, 0) is 12.8 Å². The predicted molar refractivity (Wildman–Crippen MR) is 117 cm³/mol. The van der Waals surface area contributed by atoms with Gasteiger partial charge >= 0.3 is 0 Å². The SMILES string of the molecule is COc1ccc(-c2nc3c(-c4ccc(Cl)cc4)cnn3c3c2C[C@H](C)CC3)cc1. The van der Waals surface area contributed by atoms with Crippen molar-refractivity contribution in [1.29, 1.82) is 0 Å². The second kappa shape index (κ2) is 7.20. The Morgan fingerprint density at radius 1 is 1.03 bits per heavy atom. The van der Waals surface area contributed by atoms with Crippen molar-refractivity contribution in [3.63, 3.8) is 0 Å². The van der Waals surface area contributed by atoms with Gasteiger partial charge in [-0.1, -0.05) is 30.7 Å². The van der Waals surface area contributed by atoms with Gasteiger partial charge in [-0.2, -0.15) is 5.10 Å². The maximum Gasteiger partial charge on any atom is 0.163 e. The monoisotopic (exact) mass is 403 g/mol. The zero-order valence-electron chi connectivity index (χ0n) is 16.5. The van der Waals surface area contributed by atoms with Crippen molar-refractivity contribution in [2.45, 2.75) is 26.2 Å². The smallest absolute Gasteiger partial charge is 0.163 e. The summed E-state index contributed by atoms with van der Waals surface area (Å²) in [7, 11) is 1.69. The molecule has 5 rings (SSSR count). The van der Waals surface area contributed by atoms with Crippen LogP contribution >= 0.6 is 11.6 Å². The molecule has 5 heteroatoms. The van der Waals surface area contributed by atoms with Crippen LogP contribution in [0.1, 0.15) is 24.6 Å². The van der Waals surface area contributed by atoms with Gasteiger partial charge in [-0.15, -0.1) is 0 Å². The molecular formula is C24H22ClN3O. The third kappa shape index (κ3) is 3.18. The van der Waals surface area contributed by atoms with Crippen molar-refractivity contribution in [3.05, 3.63) is 71.0 Å². The summed E-state index contributed by atoms with van der Waals surface area (Å²) in [6, 6.07) is 16.0. The molecule has 2 aromatic carbocycles. The van der Waals surface area contributed by atoms with Crippen LogP contribution in [0.2, 0.25) is 5.02 Å². The molecule has 1 atom stereocenters. The highest BCUT2D eigenvalue weighted by Gasteiger charge is 2.25. The van der Waals surface area contributed by atoms with Crippen molar-refractivity contribution in [1.82, 2.24) is 14.6 Å². The van der Waals surface area contributed by atoms with Crippen molar-refractivity contribution in [3.8, 4) is 28.1 Å². The van der Waals surface area contributed by atoms with E-state index in [1.165, 1.54) is 17.7 Å². The van der Waals surface area contributed by atoms with Crippen LogP contribution in [0.5, 0.6) is 5.75 Å². The highest BCUT2D eigenvalue weighted by Crippen LogP contribution is 2.36. The van der Waals surface area contributed by atoms with E-state index in [-0.39, 0.29) is 0 Å². The largest absolute Gasteiger partial charge is 0.497 e. The number of nitrogens with zero attached hydrogens (tertiary/aromatic N) is 3. The summed E-state index contributed by atoms with van der Waals surface area (Å²) in [6.45, 7) is 2.31. The van der Waals surface area contributed by atoms with E-state index >= 15 is 0 Å². The molecule has 0 fully saturated rings. The Kier molecular flexibility index (Phi) is 4.51. The number of fused-ring (bicyclic) bond motifs is 3. The van der Waals surface area contributed by atoms with Crippen LogP contribution in [0.15, 0.2) is 54.7 Å². The maximum absolute atomic E-state index is 6.08. The second-order valence-electron chi connectivity index (χ2n) is 7.76. The first kappa shape index (κ1) is 18.2. The molecule has 1 aliphatic carbocycles. The normalized spacial score (nSPS) is 16.0. The maximum atomic E-state index is 6.08. The summed E-state index contributed by atoms with van der Waals surface area (Å²) >= 11 is 6.08. The minimum Gasteiger partial charge on any atom is -0.497 e. The number of hydrogen-bond donors (Lipinski definition) is 0. The van der Waals surface area contributed by atoms with Crippen molar-refractivity contribution in [2.75, 3.05) is 7.11 Å². The van der Waals surface area contributed by atoms with Crippen LogP contribution in [0, 0.1) is 5.92 Å². The minimum atomic E-state index is 0.644. The molecule has 0 unspecified atom stereocenters. The number of rotatable bonds is 3. The Morgan fingerprint density at radius 3 is 2.48 bits per heavy atom. The third-order valence-corrected chi connectivity index (χ3v) is 6.05. The molecule has 2 aromatic heterocycles. The molecule has 2 heterocycles. The molecule has 0 saturated carbocycles. The van der Waals surface area contributed by atoms with Gasteiger partial charge in [-0.25, -0.2) is 9.50 Å². The average molecular weight is 404 g/mol. The Bertz CT molecular complexity index is 1180. The number of aryl methyl sites for hydroxylation is 1. The zero-order valence-corrected chi connectivity index (χ0v) is 17.3. The summed E-state index contributed by atoms with van der Waals surface area (Å²) in [6.07, 6.45) is 5.13. The number of halogens is 1. The fourth-order valence-electron chi connectivity index (χ4n) is 4.21. The highest BCUT2D eigenvalue weighted by molar-refractivity contribution is 6.30. The van der Waals surface area contributed by atoms with Crippen LogP contribution in [0.3, 0.4) is 0 Å². The predicted octanol–water partition coefficient (Wildman–Crippen LogP) is 5.85. The van der Waals surface area contributed by atoms with E-state index in [9.17, 15) is 0 Å². The molecule has 0 N–H and O–H groups in total. The van der Waals surface area contributed by atoms with E-state index in [4.69, 9.17) is 26.4 Å². The first-order chi connectivity index (χ1) is 14.1. The summed E-state index contributed by atoms with van der Waals surface area (Å²) in [5.74, 6) is 1.49. The molecular weight excluding hydrogens is 382 g/mol. The van der Waals surface area contributed by atoms with Gasteiger partial charge < -0.3 is 4.74 Å². The lowest BCUT2D eigenvalue weighted by molar-refractivity contribution is 0.415. The standard InChI is InChI=1S/C24H22ClN3O/c1-15-3-12-22-20(13-15)23(17-6-10-19(29-2)11-7-17)27-24-21(14-26-28(22)24)16-4-8-18(25)9-5-16/h4-11,14-15H,3,12-13H2,1-2H3/t15-/m1/s1. The van der Waals surface area contributed by atoms with Crippen molar-refractivity contribution >= 4 is 17.2 Å². The molecule has 4 nitrogen and oxygen atoms in total. The van der Waals surface area contributed by atoms with Crippen LogP contribution < -0.4 is 4.74 Å². The fourth-order valence-corrected chi connectivity index (χ4v) is 4.34. The fraction of sp³-hybridized carbons (Fsp3) is 0.250. The molecule has 0 amide bonds. The van der Waals surface area contributed by atoms with E-state index < -0.39 is 0 Å². The minimum absolute atomic E-state index is 0.644. The lowest BCUT2D eigenvalue weighted by Crippen LogP contribution is -2.18. The van der Waals surface area contributed by atoms with E-state index in [0.717, 1.165) is 51.6 Å². The lowest BCUT2D eigenvalue weighted by Gasteiger charge is -2.24. The molecule has 0 radical (unpaired) electrons. The molecule has 1 aliphatic rings. The van der Waals surface area contributed by atoms with E-state index in [0.29, 0.717) is 5.92 Å². The first-order valence-corrected chi connectivity index (χ1v) is 10.3. The quantitative estimate of drug-likeness (QED) is 0.430. The topological polar surface area (TPSA) is 39.4 Å². The molecule has 29 heavy (non-hydrogen) atoms. The molecule has 0 bridgehead atoms. The van der Waals surface area contributed by atoms with E-state index in [1.54, 1.807) is 7.11 Å². The van der Waals surface area contributed by atoms with Gasteiger partial charge in [0, 0.05) is 27.4 Å². The van der Waals surface area contributed by atoms with Crippen molar-refractivity contribution in [2.24, 2.45) is 5.92 Å². The van der Waals surface area contributed by atoms with Crippen LogP contribution in [0.4, 0.5) is 0 Å². The number of benzene rings is 2. The van der Waals surface area contributed by atoms with Crippen LogP contribution in [-0.4, -0.2) is 21.7 Å². The third-order valence-electron chi connectivity index (χ3n) is 5.80. The van der Waals surface area contributed by atoms with Gasteiger partial charge in [0.05, 0.1) is 19.0 Å². The Labute approximate surface area is 175 Å². The van der Waals surface area contributed by atoms with E-state index in [1.807, 2.05) is 47.1 Å². The molecule has 0 aliphatic heterocycles. The number of methoxy groups -OCH3 is 1. The Hall–Kier alpha value is -2.85. The summed E-state index contributed by atoms with van der Waals surface area (Å²) in [5, 5.41) is 5.44. The second-order valence-corrected chi connectivity index (χ2v) is 8.20. The van der Waals surface area contributed by atoms with Gasteiger partial charge in [-0.05, 0) is 67.1 Å². The van der Waals surface area contributed by atoms with Gasteiger partial charge in [0.25, 0.3) is 0 Å². The summed E-state index contributed by atoms with van der Waals surface area (Å²) < 4.78 is 7.37. The van der Waals surface area contributed by atoms with Gasteiger partial charge in [-0.3, -0.25) is 0 Å².